The van der Waals surface area contributed by atoms with Gasteiger partial charge in [0.2, 0.25) is 0 Å². The molecular formula is C15H18O3. The number of rotatable bonds is 4. The van der Waals surface area contributed by atoms with E-state index in [0.29, 0.717) is 6.42 Å². The van der Waals surface area contributed by atoms with Crippen LogP contribution in [0.15, 0.2) is 42.5 Å². The number of allylic oxidation sites excluding steroid dienone is 2. The van der Waals surface area contributed by atoms with Crippen molar-refractivity contribution in [1.29, 1.82) is 0 Å². The molecule has 0 saturated heterocycles. The fourth-order valence-corrected chi connectivity index (χ4v) is 2.07. The number of hydrogen-bond donors (Lipinski definition) is 0. The number of benzene rings is 1. The summed E-state index contributed by atoms with van der Waals surface area (Å²) < 4.78 is 16.1. The van der Waals surface area contributed by atoms with Gasteiger partial charge in [0.15, 0.2) is 5.79 Å². The highest BCUT2D eigenvalue weighted by molar-refractivity contribution is 5.78. The summed E-state index contributed by atoms with van der Waals surface area (Å²) in [7, 11) is 4.98. The van der Waals surface area contributed by atoms with E-state index in [1.165, 1.54) is 0 Å². The van der Waals surface area contributed by atoms with Gasteiger partial charge in [-0.15, -0.1) is 0 Å². The first kappa shape index (κ1) is 12.9. The Hall–Kier alpha value is -1.58. The van der Waals surface area contributed by atoms with E-state index in [1.807, 2.05) is 36.4 Å². The maximum absolute atomic E-state index is 5.38. The minimum Gasteiger partial charge on any atom is -0.496 e. The SMILES string of the molecule is COc1ccccc1C1=CCC(OC)(OC)C=C1. The van der Waals surface area contributed by atoms with Crippen LogP contribution in [0.3, 0.4) is 0 Å². The van der Waals surface area contributed by atoms with Crippen molar-refractivity contribution >= 4 is 5.57 Å². The van der Waals surface area contributed by atoms with Crippen molar-refractivity contribution in [3.63, 3.8) is 0 Å². The summed E-state index contributed by atoms with van der Waals surface area (Å²) in [6.07, 6.45) is 6.73. The molecule has 3 nitrogen and oxygen atoms in total. The maximum atomic E-state index is 5.38. The number of methoxy groups -OCH3 is 3. The molecule has 96 valence electrons. The van der Waals surface area contributed by atoms with E-state index in [1.54, 1.807) is 21.3 Å². The molecule has 1 aromatic carbocycles. The molecule has 2 rings (SSSR count). The average Bonchev–Trinajstić information content (AvgIpc) is 2.47. The smallest absolute Gasteiger partial charge is 0.190 e. The molecule has 0 fully saturated rings. The van der Waals surface area contributed by atoms with E-state index in [2.05, 4.69) is 6.08 Å². The Labute approximate surface area is 108 Å². The van der Waals surface area contributed by atoms with Crippen molar-refractivity contribution in [3.8, 4) is 5.75 Å². The summed E-state index contributed by atoms with van der Waals surface area (Å²) in [6, 6.07) is 7.96. The van der Waals surface area contributed by atoms with Gasteiger partial charge in [0.25, 0.3) is 0 Å². The zero-order valence-electron chi connectivity index (χ0n) is 11.0. The fraction of sp³-hybridized carbons (Fsp3) is 0.333. The van der Waals surface area contributed by atoms with Crippen LogP contribution in [0.25, 0.3) is 5.57 Å². The summed E-state index contributed by atoms with van der Waals surface area (Å²) in [5.41, 5.74) is 2.20. The van der Waals surface area contributed by atoms with Gasteiger partial charge in [0.1, 0.15) is 5.75 Å². The first-order valence-electron chi connectivity index (χ1n) is 5.88. The molecule has 0 aromatic heterocycles. The Bertz CT molecular complexity index is 470. The predicted octanol–water partition coefficient (Wildman–Crippen LogP) is 3.03. The molecule has 0 heterocycles. The monoisotopic (exact) mass is 246 g/mol. The first-order chi connectivity index (χ1) is 8.74. The van der Waals surface area contributed by atoms with E-state index in [4.69, 9.17) is 14.2 Å². The fourth-order valence-electron chi connectivity index (χ4n) is 2.07. The van der Waals surface area contributed by atoms with Crippen molar-refractivity contribution in [1.82, 2.24) is 0 Å². The van der Waals surface area contributed by atoms with Crippen LogP contribution in [0.4, 0.5) is 0 Å². The van der Waals surface area contributed by atoms with E-state index in [9.17, 15) is 0 Å². The molecule has 0 spiro atoms. The van der Waals surface area contributed by atoms with Gasteiger partial charge >= 0.3 is 0 Å². The molecule has 1 aromatic rings. The van der Waals surface area contributed by atoms with Crippen LogP contribution in [0.5, 0.6) is 5.75 Å². The van der Waals surface area contributed by atoms with Crippen molar-refractivity contribution in [2.45, 2.75) is 12.2 Å². The molecule has 3 heteroatoms. The van der Waals surface area contributed by atoms with Crippen LogP contribution in [-0.4, -0.2) is 27.1 Å². The molecule has 0 N–H and O–H groups in total. The lowest BCUT2D eigenvalue weighted by Gasteiger charge is -2.29. The van der Waals surface area contributed by atoms with Crippen LogP contribution in [0.2, 0.25) is 0 Å². The Morgan fingerprint density at radius 3 is 2.33 bits per heavy atom. The minimum atomic E-state index is -0.633. The number of hydrogen-bond acceptors (Lipinski definition) is 3. The highest BCUT2D eigenvalue weighted by Crippen LogP contribution is 2.33. The van der Waals surface area contributed by atoms with Gasteiger partial charge in [0.05, 0.1) is 7.11 Å². The zero-order chi connectivity index (χ0) is 13.0. The third kappa shape index (κ3) is 2.33. The molecule has 0 atom stereocenters. The quantitative estimate of drug-likeness (QED) is 0.764. The van der Waals surface area contributed by atoms with Gasteiger partial charge in [-0.2, -0.15) is 0 Å². The third-order valence-corrected chi connectivity index (χ3v) is 3.23. The van der Waals surface area contributed by atoms with Gasteiger partial charge in [-0.1, -0.05) is 30.4 Å². The summed E-state index contributed by atoms with van der Waals surface area (Å²) in [6.45, 7) is 0. The van der Waals surface area contributed by atoms with Crippen LogP contribution >= 0.6 is 0 Å². The second kappa shape index (κ2) is 5.38. The van der Waals surface area contributed by atoms with Crippen LogP contribution in [0.1, 0.15) is 12.0 Å². The third-order valence-electron chi connectivity index (χ3n) is 3.23. The first-order valence-corrected chi connectivity index (χ1v) is 5.88. The molecule has 0 radical (unpaired) electrons. The second-order valence-corrected chi connectivity index (χ2v) is 4.12. The van der Waals surface area contributed by atoms with Gasteiger partial charge < -0.3 is 14.2 Å². The molecule has 0 amide bonds. The summed E-state index contributed by atoms with van der Waals surface area (Å²) >= 11 is 0. The highest BCUT2D eigenvalue weighted by Gasteiger charge is 2.27. The van der Waals surface area contributed by atoms with Gasteiger partial charge in [-0.05, 0) is 17.7 Å². The van der Waals surface area contributed by atoms with Crippen LogP contribution < -0.4 is 4.74 Å². The minimum absolute atomic E-state index is 0.633. The normalized spacial score (nSPS) is 17.4. The van der Waals surface area contributed by atoms with Crippen molar-refractivity contribution < 1.29 is 14.2 Å². The van der Waals surface area contributed by atoms with Crippen LogP contribution in [-0.2, 0) is 9.47 Å². The van der Waals surface area contributed by atoms with Crippen LogP contribution in [0, 0.1) is 0 Å². The highest BCUT2D eigenvalue weighted by atomic mass is 16.7. The maximum Gasteiger partial charge on any atom is 0.190 e. The Balaban J connectivity index is 2.28. The van der Waals surface area contributed by atoms with Gasteiger partial charge in [-0.3, -0.25) is 0 Å². The molecule has 0 saturated carbocycles. The largest absolute Gasteiger partial charge is 0.496 e. The molecule has 0 unspecified atom stereocenters. The lowest BCUT2D eigenvalue weighted by Crippen LogP contribution is -2.31. The lowest BCUT2D eigenvalue weighted by atomic mass is 9.96. The van der Waals surface area contributed by atoms with E-state index < -0.39 is 5.79 Å². The Morgan fingerprint density at radius 1 is 1.06 bits per heavy atom. The Morgan fingerprint density at radius 2 is 1.78 bits per heavy atom. The van der Waals surface area contributed by atoms with E-state index in [0.717, 1.165) is 16.9 Å². The standard InChI is InChI=1S/C15H18O3/c1-16-14-7-5-4-6-13(14)12-8-10-15(17-2,18-3)11-9-12/h4-10H,11H2,1-3H3. The summed E-state index contributed by atoms with van der Waals surface area (Å²) in [4.78, 5) is 0. The van der Waals surface area contributed by atoms with Crippen molar-refractivity contribution in [3.05, 3.63) is 48.1 Å². The average molecular weight is 246 g/mol. The summed E-state index contributed by atoms with van der Waals surface area (Å²) in [5.74, 6) is 0.238. The second-order valence-electron chi connectivity index (χ2n) is 4.12. The van der Waals surface area contributed by atoms with E-state index in [-0.39, 0.29) is 0 Å². The van der Waals surface area contributed by atoms with Gasteiger partial charge in [0, 0.05) is 26.2 Å². The molecule has 18 heavy (non-hydrogen) atoms. The molecule has 1 aliphatic rings. The zero-order valence-corrected chi connectivity index (χ0v) is 11.0. The van der Waals surface area contributed by atoms with E-state index >= 15 is 0 Å². The molecular weight excluding hydrogens is 228 g/mol. The molecule has 0 bridgehead atoms. The van der Waals surface area contributed by atoms with Crippen molar-refractivity contribution in [2.24, 2.45) is 0 Å². The number of para-hydroxylation sites is 1. The Kier molecular flexibility index (Phi) is 3.84. The topological polar surface area (TPSA) is 27.7 Å². The summed E-state index contributed by atoms with van der Waals surface area (Å²) in [5, 5.41) is 0. The molecule has 1 aliphatic carbocycles. The lowest BCUT2D eigenvalue weighted by molar-refractivity contribution is -0.167. The predicted molar refractivity (Wildman–Crippen MR) is 71.5 cm³/mol. The van der Waals surface area contributed by atoms with Crippen molar-refractivity contribution in [2.75, 3.05) is 21.3 Å². The molecule has 0 aliphatic heterocycles. The number of ether oxygens (including phenoxy) is 3. The van der Waals surface area contributed by atoms with Gasteiger partial charge in [-0.25, -0.2) is 0 Å².